The first-order valence-electron chi connectivity index (χ1n) is 6.61. The highest BCUT2D eigenvalue weighted by molar-refractivity contribution is 5.59. The van der Waals surface area contributed by atoms with Crippen LogP contribution in [0.3, 0.4) is 0 Å². The second kappa shape index (κ2) is 6.85. The van der Waals surface area contributed by atoms with Gasteiger partial charge in [0.05, 0.1) is 5.69 Å². The molecule has 1 aromatic carbocycles. The molecule has 0 amide bonds. The number of benzene rings is 1. The van der Waals surface area contributed by atoms with E-state index in [1.54, 1.807) is 0 Å². The number of nitrogens with one attached hydrogen (secondary N) is 1. The van der Waals surface area contributed by atoms with E-state index in [9.17, 15) is 0 Å². The Kier molecular flexibility index (Phi) is 4.86. The van der Waals surface area contributed by atoms with Gasteiger partial charge in [-0.2, -0.15) is 0 Å². The van der Waals surface area contributed by atoms with Gasteiger partial charge in [0.25, 0.3) is 0 Å². The molecule has 1 heterocycles. The fraction of sp³-hybridized carbons (Fsp3) is 0.333. The maximum absolute atomic E-state index is 8.70. The van der Waals surface area contributed by atoms with E-state index < -0.39 is 0 Å². The van der Waals surface area contributed by atoms with Crippen molar-refractivity contribution < 1.29 is 5.11 Å². The number of aliphatic hydroxyl groups is 1. The number of hydrogen-bond acceptors (Lipinski definition) is 4. The minimum atomic E-state index is 0.183. The molecule has 0 aliphatic rings. The highest BCUT2D eigenvalue weighted by Crippen LogP contribution is 2.18. The zero-order chi connectivity index (χ0) is 13.5. The molecule has 0 aliphatic carbocycles. The Morgan fingerprint density at radius 1 is 1.05 bits per heavy atom. The highest BCUT2D eigenvalue weighted by atomic mass is 16.3. The molecule has 2 rings (SSSR count). The van der Waals surface area contributed by atoms with E-state index in [-0.39, 0.29) is 6.61 Å². The Labute approximate surface area is 113 Å². The summed E-state index contributed by atoms with van der Waals surface area (Å²) in [4.78, 5) is 0. The van der Waals surface area contributed by atoms with Crippen LogP contribution in [0.2, 0.25) is 0 Å². The normalized spacial score (nSPS) is 10.4. The second-order valence-corrected chi connectivity index (χ2v) is 4.36. The molecule has 4 heteroatoms. The van der Waals surface area contributed by atoms with Crippen LogP contribution in [0.5, 0.6) is 0 Å². The molecule has 19 heavy (non-hydrogen) atoms. The molecule has 0 unspecified atom stereocenters. The summed E-state index contributed by atoms with van der Waals surface area (Å²) < 4.78 is 0. The smallest absolute Gasteiger partial charge is 0.148 e. The van der Waals surface area contributed by atoms with Gasteiger partial charge < -0.3 is 10.4 Å². The fourth-order valence-electron chi connectivity index (χ4n) is 1.79. The van der Waals surface area contributed by atoms with Crippen molar-refractivity contribution in [1.29, 1.82) is 0 Å². The molecule has 0 aliphatic heterocycles. The Morgan fingerprint density at radius 2 is 1.84 bits per heavy atom. The van der Waals surface area contributed by atoms with Gasteiger partial charge in [-0.1, -0.05) is 31.2 Å². The number of aryl methyl sites for hydroxylation is 1. The summed E-state index contributed by atoms with van der Waals surface area (Å²) >= 11 is 0. The SMILES string of the molecule is CCc1ccc(-c2ccc(NCCCO)nn2)cc1. The van der Waals surface area contributed by atoms with E-state index in [4.69, 9.17) is 5.11 Å². The van der Waals surface area contributed by atoms with E-state index in [2.05, 4.69) is 46.7 Å². The van der Waals surface area contributed by atoms with Crippen LogP contribution in [-0.2, 0) is 6.42 Å². The van der Waals surface area contributed by atoms with E-state index >= 15 is 0 Å². The number of rotatable bonds is 6. The molecule has 100 valence electrons. The Hall–Kier alpha value is -1.94. The quantitative estimate of drug-likeness (QED) is 0.781. The average molecular weight is 257 g/mol. The number of hydrogen-bond donors (Lipinski definition) is 2. The number of anilines is 1. The molecule has 0 saturated heterocycles. The van der Waals surface area contributed by atoms with Gasteiger partial charge >= 0.3 is 0 Å². The van der Waals surface area contributed by atoms with E-state index in [1.807, 2.05) is 12.1 Å². The van der Waals surface area contributed by atoms with Crippen LogP contribution in [0.25, 0.3) is 11.3 Å². The van der Waals surface area contributed by atoms with Gasteiger partial charge in [0.1, 0.15) is 5.82 Å². The van der Waals surface area contributed by atoms with Crippen molar-refractivity contribution >= 4 is 5.82 Å². The van der Waals surface area contributed by atoms with Gasteiger partial charge in [-0.25, -0.2) is 0 Å². The summed E-state index contributed by atoms with van der Waals surface area (Å²) in [5.41, 5.74) is 3.26. The number of nitrogens with zero attached hydrogens (tertiary/aromatic N) is 2. The van der Waals surface area contributed by atoms with Gasteiger partial charge in [-0.3, -0.25) is 0 Å². The highest BCUT2D eigenvalue weighted by Gasteiger charge is 2.01. The molecule has 4 nitrogen and oxygen atoms in total. The van der Waals surface area contributed by atoms with Crippen molar-refractivity contribution in [3.63, 3.8) is 0 Å². The van der Waals surface area contributed by atoms with Crippen LogP contribution in [-0.4, -0.2) is 28.5 Å². The number of aliphatic hydroxyl groups excluding tert-OH is 1. The standard InChI is InChI=1S/C15H19N3O/c1-2-12-4-6-13(7-5-12)14-8-9-15(18-17-14)16-10-3-11-19/h4-9,19H,2-3,10-11H2,1H3,(H,16,18). The van der Waals surface area contributed by atoms with Crippen LogP contribution < -0.4 is 5.32 Å². The van der Waals surface area contributed by atoms with E-state index in [0.29, 0.717) is 13.0 Å². The molecule has 0 atom stereocenters. The first kappa shape index (κ1) is 13.5. The predicted octanol–water partition coefficient (Wildman–Crippen LogP) is 2.50. The Morgan fingerprint density at radius 3 is 2.42 bits per heavy atom. The van der Waals surface area contributed by atoms with E-state index in [1.165, 1.54) is 5.56 Å². The van der Waals surface area contributed by atoms with Gasteiger partial charge in [0.2, 0.25) is 0 Å². The average Bonchev–Trinajstić information content (AvgIpc) is 2.48. The van der Waals surface area contributed by atoms with Crippen molar-refractivity contribution in [2.75, 3.05) is 18.5 Å². The lowest BCUT2D eigenvalue weighted by Crippen LogP contribution is -2.05. The van der Waals surface area contributed by atoms with Crippen molar-refractivity contribution in [2.24, 2.45) is 0 Å². The Bertz CT molecular complexity index is 494. The zero-order valence-corrected chi connectivity index (χ0v) is 11.1. The molecular formula is C15H19N3O. The lowest BCUT2D eigenvalue weighted by atomic mass is 10.1. The van der Waals surface area contributed by atoms with Crippen molar-refractivity contribution in [1.82, 2.24) is 10.2 Å². The largest absolute Gasteiger partial charge is 0.396 e. The third kappa shape index (κ3) is 3.76. The molecule has 1 aromatic heterocycles. The summed E-state index contributed by atoms with van der Waals surface area (Å²) in [6.07, 6.45) is 1.75. The monoisotopic (exact) mass is 257 g/mol. The van der Waals surface area contributed by atoms with Crippen LogP contribution in [0.1, 0.15) is 18.9 Å². The lowest BCUT2D eigenvalue weighted by Gasteiger charge is -2.05. The third-order valence-electron chi connectivity index (χ3n) is 2.96. The molecule has 2 aromatic rings. The van der Waals surface area contributed by atoms with Gasteiger partial charge in [0, 0.05) is 18.7 Å². The minimum Gasteiger partial charge on any atom is -0.396 e. The van der Waals surface area contributed by atoms with Crippen molar-refractivity contribution in [3.8, 4) is 11.3 Å². The molecule has 0 fully saturated rings. The lowest BCUT2D eigenvalue weighted by molar-refractivity contribution is 0.292. The fourth-order valence-corrected chi connectivity index (χ4v) is 1.79. The summed E-state index contributed by atoms with van der Waals surface area (Å²) in [6, 6.07) is 12.2. The first-order valence-corrected chi connectivity index (χ1v) is 6.61. The molecule has 0 spiro atoms. The Balaban J connectivity index is 2.04. The molecule has 0 bridgehead atoms. The first-order chi connectivity index (χ1) is 9.33. The summed E-state index contributed by atoms with van der Waals surface area (Å²) in [5.74, 6) is 0.738. The predicted molar refractivity (Wildman–Crippen MR) is 77.0 cm³/mol. The van der Waals surface area contributed by atoms with Crippen LogP contribution in [0.15, 0.2) is 36.4 Å². The minimum absolute atomic E-state index is 0.183. The summed E-state index contributed by atoms with van der Waals surface area (Å²) in [5, 5.41) is 20.1. The molecule has 0 saturated carbocycles. The zero-order valence-electron chi connectivity index (χ0n) is 11.1. The molecular weight excluding hydrogens is 238 g/mol. The maximum atomic E-state index is 8.70. The van der Waals surface area contributed by atoms with Crippen LogP contribution >= 0.6 is 0 Å². The van der Waals surface area contributed by atoms with Crippen LogP contribution in [0, 0.1) is 0 Å². The van der Waals surface area contributed by atoms with E-state index in [0.717, 1.165) is 23.5 Å². The maximum Gasteiger partial charge on any atom is 0.148 e. The third-order valence-corrected chi connectivity index (χ3v) is 2.96. The van der Waals surface area contributed by atoms with Gasteiger partial charge in [-0.05, 0) is 30.5 Å². The van der Waals surface area contributed by atoms with Gasteiger partial charge in [0.15, 0.2) is 0 Å². The summed E-state index contributed by atoms with van der Waals surface area (Å²) in [6.45, 7) is 3.03. The van der Waals surface area contributed by atoms with Crippen molar-refractivity contribution in [3.05, 3.63) is 42.0 Å². The van der Waals surface area contributed by atoms with Gasteiger partial charge in [-0.15, -0.1) is 10.2 Å². The van der Waals surface area contributed by atoms with Crippen LogP contribution in [0.4, 0.5) is 5.82 Å². The number of aromatic nitrogens is 2. The molecule has 0 radical (unpaired) electrons. The molecule has 2 N–H and O–H groups in total. The van der Waals surface area contributed by atoms with Crippen molar-refractivity contribution in [2.45, 2.75) is 19.8 Å². The summed E-state index contributed by atoms with van der Waals surface area (Å²) in [7, 11) is 0. The second-order valence-electron chi connectivity index (χ2n) is 4.36. The topological polar surface area (TPSA) is 58.0 Å².